The van der Waals surface area contributed by atoms with E-state index in [0.29, 0.717) is 60.6 Å². The van der Waals surface area contributed by atoms with Crippen molar-refractivity contribution in [3.63, 3.8) is 0 Å². The second-order valence-electron chi connectivity index (χ2n) is 10.8. The molecule has 226 valence electrons. The molecule has 0 radical (unpaired) electrons. The maximum atomic E-state index is 14.5. The van der Waals surface area contributed by atoms with Gasteiger partial charge in [0.2, 0.25) is 10.0 Å². The number of thiazole rings is 1. The van der Waals surface area contributed by atoms with Crippen LogP contribution in [0, 0.1) is 23.6 Å². The minimum Gasteiger partial charge on any atom is -0.481 e. The standard InChI is InChI=1S/C28H32ClFN4O6S2/c1-40-28(37)21-23(32-25(26-31-11-14-41-26)33-24(21)19-3-2-4-20(30)22(19)29)17-9-12-34(13-10-17)42(38,39)15-16-5-7-18(8-6-16)27(35)36/h2-4,11,14,16-18,24H,5-10,12-13,15H2,1H3,(H,32,33)(H,35,36)/t16-,18-,24?. The number of allylic oxidation sites excluding steroid dienone is 1. The van der Waals surface area contributed by atoms with Gasteiger partial charge in [-0.25, -0.2) is 26.9 Å². The summed E-state index contributed by atoms with van der Waals surface area (Å²) >= 11 is 7.71. The zero-order valence-corrected chi connectivity index (χ0v) is 25.4. The van der Waals surface area contributed by atoms with Crippen molar-refractivity contribution < 1.29 is 32.2 Å². The number of halogens is 2. The number of methoxy groups -OCH3 is 1. The zero-order chi connectivity index (χ0) is 30.0. The number of aliphatic imine (C=N–C) groups is 1. The van der Waals surface area contributed by atoms with Gasteiger partial charge < -0.3 is 15.2 Å². The van der Waals surface area contributed by atoms with Crippen molar-refractivity contribution in [2.45, 2.75) is 44.6 Å². The van der Waals surface area contributed by atoms with Crippen LogP contribution in [0.5, 0.6) is 0 Å². The number of esters is 1. The average molecular weight is 639 g/mol. The Morgan fingerprint density at radius 1 is 1.19 bits per heavy atom. The first kappa shape index (κ1) is 30.6. The molecule has 5 rings (SSSR count). The number of hydrogen-bond donors (Lipinski definition) is 2. The van der Waals surface area contributed by atoms with Gasteiger partial charge in [-0.05, 0) is 50.5 Å². The maximum absolute atomic E-state index is 14.5. The molecule has 1 unspecified atom stereocenters. The van der Waals surface area contributed by atoms with Gasteiger partial charge in [0.15, 0.2) is 10.8 Å². The average Bonchev–Trinajstić information content (AvgIpc) is 3.53. The monoisotopic (exact) mass is 638 g/mol. The Bertz CT molecular complexity index is 1500. The van der Waals surface area contributed by atoms with Crippen LogP contribution in [0.25, 0.3) is 0 Å². The Balaban J connectivity index is 1.39. The third-order valence-electron chi connectivity index (χ3n) is 8.29. The van der Waals surface area contributed by atoms with E-state index in [9.17, 15) is 27.5 Å². The summed E-state index contributed by atoms with van der Waals surface area (Å²) in [7, 11) is -2.29. The number of aromatic nitrogens is 1. The molecule has 2 aromatic rings. The summed E-state index contributed by atoms with van der Waals surface area (Å²) in [4.78, 5) is 33.6. The van der Waals surface area contributed by atoms with Gasteiger partial charge in [-0.2, -0.15) is 0 Å². The first-order chi connectivity index (χ1) is 20.1. The van der Waals surface area contributed by atoms with Crippen LogP contribution in [-0.4, -0.2) is 66.5 Å². The van der Waals surface area contributed by atoms with Gasteiger partial charge in [-0.15, -0.1) is 11.3 Å². The van der Waals surface area contributed by atoms with Crippen LogP contribution < -0.4 is 5.32 Å². The fraction of sp³-hybridized carbons (Fsp3) is 0.500. The molecule has 0 spiro atoms. The lowest BCUT2D eigenvalue weighted by atomic mass is 9.83. The summed E-state index contributed by atoms with van der Waals surface area (Å²) < 4.78 is 47.8. The summed E-state index contributed by atoms with van der Waals surface area (Å²) in [6.07, 6.45) is 4.64. The van der Waals surface area contributed by atoms with Crippen LogP contribution >= 0.6 is 22.9 Å². The van der Waals surface area contributed by atoms with E-state index in [1.54, 1.807) is 17.6 Å². The van der Waals surface area contributed by atoms with Crippen LogP contribution in [0.4, 0.5) is 4.39 Å². The summed E-state index contributed by atoms with van der Waals surface area (Å²) in [6.45, 7) is 0.512. The van der Waals surface area contributed by atoms with Crippen molar-refractivity contribution >= 4 is 50.7 Å². The number of ether oxygens (including phenoxy) is 1. The van der Waals surface area contributed by atoms with E-state index in [0.717, 1.165) is 0 Å². The van der Waals surface area contributed by atoms with Crippen molar-refractivity contribution in [2.24, 2.45) is 22.7 Å². The van der Waals surface area contributed by atoms with Gasteiger partial charge in [-0.1, -0.05) is 23.7 Å². The minimum atomic E-state index is -3.55. The second-order valence-corrected chi connectivity index (χ2v) is 14.1. The number of aliphatic carboxylic acids is 1. The minimum absolute atomic E-state index is 0.000635. The molecule has 0 bridgehead atoms. The molecule has 10 nitrogen and oxygen atoms in total. The van der Waals surface area contributed by atoms with Crippen LogP contribution in [0.3, 0.4) is 0 Å². The number of carboxylic acids is 1. The maximum Gasteiger partial charge on any atom is 0.338 e. The lowest BCUT2D eigenvalue weighted by Crippen LogP contribution is -2.44. The number of amidine groups is 1. The zero-order valence-electron chi connectivity index (χ0n) is 23.0. The molecule has 2 fully saturated rings. The molecule has 14 heteroatoms. The van der Waals surface area contributed by atoms with E-state index >= 15 is 0 Å². The molecular formula is C28H32ClFN4O6S2. The van der Waals surface area contributed by atoms with Crippen LogP contribution in [0.15, 0.2) is 46.0 Å². The molecule has 2 N–H and O–H groups in total. The van der Waals surface area contributed by atoms with E-state index in [2.05, 4.69) is 10.3 Å². The Labute approximate surface area is 252 Å². The van der Waals surface area contributed by atoms with E-state index in [1.807, 2.05) is 0 Å². The van der Waals surface area contributed by atoms with Crippen molar-refractivity contribution in [1.82, 2.24) is 14.6 Å². The largest absolute Gasteiger partial charge is 0.481 e. The Kier molecular flexibility index (Phi) is 9.31. The molecule has 1 aliphatic carbocycles. The molecule has 1 saturated heterocycles. The number of nitrogens with one attached hydrogen (secondary N) is 1. The SMILES string of the molecule is COC(=O)C1=C(C2CCN(S(=O)(=O)C[C@H]3CC[C@H](C(=O)O)CC3)CC2)NC(c2nccs2)=NC1c1cccc(F)c1Cl. The third-order valence-corrected chi connectivity index (χ3v) is 11.5. The Hall–Kier alpha value is -2.87. The van der Waals surface area contributed by atoms with Crippen LogP contribution in [0.2, 0.25) is 5.02 Å². The predicted octanol–water partition coefficient (Wildman–Crippen LogP) is 4.39. The first-order valence-corrected chi connectivity index (χ1v) is 16.7. The number of sulfonamides is 1. The molecule has 1 atom stereocenters. The summed E-state index contributed by atoms with van der Waals surface area (Å²) in [5, 5.41) is 14.7. The van der Waals surface area contributed by atoms with Gasteiger partial charge >= 0.3 is 11.9 Å². The van der Waals surface area contributed by atoms with E-state index < -0.39 is 39.7 Å². The number of rotatable bonds is 8. The van der Waals surface area contributed by atoms with Crippen molar-refractivity contribution in [3.05, 3.63) is 62.5 Å². The number of carbonyl (C=O) groups excluding carboxylic acids is 1. The fourth-order valence-corrected chi connectivity index (χ4v) is 8.75. The molecule has 1 aromatic heterocycles. The molecular weight excluding hydrogens is 607 g/mol. The second kappa shape index (κ2) is 12.8. The lowest BCUT2D eigenvalue weighted by Gasteiger charge is -2.37. The quantitative estimate of drug-likeness (QED) is 0.406. The topological polar surface area (TPSA) is 138 Å². The number of nitrogens with zero attached hydrogens (tertiary/aromatic N) is 3. The molecule has 2 aliphatic heterocycles. The number of hydrogen-bond acceptors (Lipinski definition) is 9. The van der Waals surface area contributed by atoms with Crippen LogP contribution in [-0.2, 0) is 24.3 Å². The lowest BCUT2D eigenvalue weighted by molar-refractivity contribution is -0.143. The van der Waals surface area contributed by atoms with E-state index in [-0.39, 0.29) is 41.3 Å². The number of carbonyl (C=O) groups is 2. The summed E-state index contributed by atoms with van der Waals surface area (Å²) in [5.41, 5.74) is 1.04. The highest BCUT2D eigenvalue weighted by molar-refractivity contribution is 7.89. The molecule has 3 heterocycles. The van der Waals surface area contributed by atoms with Crippen LogP contribution in [0.1, 0.15) is 55.1 Å². The number of carboxylic acid groups (broad SMARTS) is 1. The molecule has 0 amide bonds. The highest BCUT2D eigenvalue weighted by Crippen LogP contribution is 2.41. The van der Waals surface area contributed by atoms with Gasteiger partial charge in [0.1, 0.15) is 11.9 Å². The summed E-state index contributed by atoms with van der Waals surface area (Å²) in [5.74, 6) is -2.40. The van der Waals surface area contributed by atoms with E-state index in [4.69, 9.17) is 21.3 Å². The van der Waals surface area contributed by atoms with Gasteiger partial charge in [-0.3, -0.25) is 9.79 Å². The molecule has 3 aliphatic rings. The molecule has 42 heavy (non-hydrogen) atoms. The van der Waals surface area contributed by atoms with Crippen molar-refractivity contribution in [1.29, 1.82) is 0 Å². The predicted molar refractivity (Wildman–Crippen MR) is 156 cm³/mol. The van der Waals surface area contributed by atoms with Gasteiger partial charge in [0.05, 0.1) is 29.4 Å². The molecule has 1 aromatic carbocycles. The first-order valence-electron chi connectivity index (χ1n) is 13.8. The molecule has 1 saturated carbocycles. The Morgan fingerprint density at radius 2 is 1.90 bits per heavy atom. The summed E-state index contributed by atoms with van der Waals surface area (Å²) in [6, 6.07) is 3.39. The smallest absolute Gasteiger partial charge is 0.338 e. The third kappa shape index (κ3) is 6.38. The fourth-order valence-electron chi connectivity index (χ4n) is 6.03. The highest BCUT2D eigenvalue weighted by atomic mass is 35.5. The van der Waals surface area contributed by atoms with Gasteiger partial charge in [0, 0.05) is 41.8 Å². The number of piperidine rings is 1. The van der Waals surface area contributed by atoms with E-state index in [1.165, 1.54) is 34.9 Å². The van der Waals surface area contributed by atoms with Crippen molar-refractivity contribution in [2.75, 3.05) is 26.0 Å². The highest BCUT2D eigenvalue weighted by Gasteiger charge is 2.39. The Morgan fingerprint density at radius 3 is 2.52 bits per heavy atom. The van der Waals surface area contributed by atoms with Gasteiger partial charge in [0.25, 0.3) is 0 Å². The normalized spacial score (nSPS) is 24.2. The number of benzene rings is 1. The van der Waals surface area contributed by atoms with Crippen molar-refractivity contribution in [3.8, 4) is 0 Å².